The molecular formula is C45H56N10O8. The van der Waals surface area contributed by atoms with Crippen LogP contribution in [0.3, 0.4) is 0 Å². The molecule has 63 heavy (non-hydrogen) atoms. The van der Waals surface area contributed by atoms with E-state index in [9.17, 15) is 14.4 Å². The molecule has 0 saturated carbocycles. The summed E-state index contributed by atoms with van der Waals surface area (Å²) in [6.07, 6.45) is 7.92. The van der Waals surface area contributed by atoms with Crippen molar-refractivity contribution in [3.63, 3.8) is 0 Å². The standard InChI is InChI=1S/C45H56N10O8/c1-44(2,3)61-42(57)50-11-7-27(8-12-50)40-48-38(49-63-40)28-17-34(37-21-46-39(54(37)22-28)29-23-59-24-29)33-18-31(19-36-35(33)20-47-55(36)32-25-60-26-32)53-16-15-52(41(53)56)30-9-13-51(14-10-30)43(58)62-45(4,5)6/h17-22,27,29-30,32H,7-16,23-26H2,1-6H3. The van der Waals surface area contributed by atoms with Gasteiger partial charge in [0.1, 0.15) is 17.0 Å². The van der Waals surface area contributed by atoms with Crippen LogP contribution in [0.15, 0.2) is 41.3 Å². The van der Waals surface area contributed by atoms with E-state index >= 15 is 0 Å². The van der Waals surface area contributed by atoms with Gasteiger partial charge in [0, 0.05) is 79.6 Å². The van der Waals surface area contributed by atoms with Crippen LogP contribution in [0, 0.1) is 0 Å². The Balaban J connectivity index is 0.978. The number of rotatable bonds is 7. The van der Waals surface area contributed by atoms with Gasteiger partial charge in [-0.2, -0.15) is 10.1 Å². The lowest BCUT2D eigenvalue weighted by Gasteiger charge is -2.37. The molecule has 0 radical (unpaired) electrons. The summed E-state index contributed by atoms with van der Waals surface area (Å²) in [6, 6.07) is 6.28. The molecule has 0 atom stereocenters. The number of nitrogens with zero attached hydrogens (tertiary/aromatic N) is 10. The van der Waals surface area contributed by atoms with Crippen LogP contribution in [0.5, 0.6) is 0 Å². The first kappa shape index (κ1) is 41.3. The van der Waals surface area contributed by atoms with E-state index in [1.54, 1.807) is 9.80 Å². The van der Waals surface area contributed by atoms with Gasteiger partial charge in [-0.05, 0) is 91.0 Å². The maximum atomic E-state index is 14.5. The van der Waals surface area contributed by atoms with Crippen LogP contribution in [-0.4, -0.2) is 145 Å². The van der Waals surface area contributed by atoms with Gasteiger partial charge in [-0.25, -0.2) is 19.4 Å². The number of aromatic nitrogens is 6. The molecule has 18 nitrogen and oxygen atoms in total. The third kappa shape index (κ3) is 7.96. The smallest absolute Gasteiger partial charge is 0.410 e. The Kier molecular flexibility index (Phi) is 10.4. The molecule has 5 aliphatic rings. The Bertz CT molecular complexity index is 2540. The van der Waals surface area contributed by atoms with E-state index in [0.717, 1.165) is 44.6 Å². The minimum Gasteiger partial charge on any atom is -0.444 e. The van der Waals surface area contributed by atoms with Gasteiger partial charge in [0.2, 0.25) is 11.7 Å². The summed E-state index contributed by atoms with van der Waals surface area (Å²) in [5.74, 6) is 2.00. The largest absolute Gasteiger partial charge is 0.444 e. The number of urea groups is 1. The summed E-state index contributed by atoms with van der Waals surface area (Å²) in [5, 5.41) is 10.3. The number of likely N-dealkylation sites (tertiary alicyclic amines) is 2. The molecule has 9 heterocycles. The van der Waals surface area contributed by atoms with Gasteiger partial charge in [0.25, 0.3) is 0 Å². The summed E-state index contributed by atoms with van der Waals surface area (Å²) < 4.78 is 32.5. The zero-order valence-corrected chi connectivity index (χ0v) is 36.9. The summed E-state index contributed by atoms with van der Waals surface area (Å²) in [6.45, 7) is 16.7. The van der Waals surface area contributed by atoms with Gasteiger partial charge in [0.05, 0.1) is 61.8 Å². The van der Waals surface area contributed by atoms with Crippen molar-refractivity contribution in [2.45, 2.75) is 102 Å². The second-order valence-electron chi connectivity index (χ2n) is 19.5. The minimum atomic E-state index is -0.569. The molecule has 5 aromatic rings. The highest BCUT2D eigenvalue weighted by Crippen LogP contribution is 2.41. The van der Waals surface area contributed by atoms with E-state index in [2.05, 4.69) is 27.8 Å². The third-order valence-corrected chi connectivity index (χ3v) is 12.7. The average molecular weight is 865 g/mol. The van der Waals surface area contributed by atoms with Gasteiger partial charge in [-0.3, -0.25) is 9.58 Å². The number of ether oxygens (including phenoxy) is 4. The van der Waals surface area contributed by atoms with Gasteiger partial charge in [-0.1, -0.05) is 5.16 Å². The summed E-state index contributed by atoms with van der Waals surface area (Å²) >= 11 is 0. The molecule has 10 rings (SSSR count). The zero-order chi connectivity index (χ0) is 43.8. The second kappa shape index (κ2) is 15.8. The summed E-state index contributed by atoms with van der Waals surface area (Å²) in [4.78, 5) is 57.2. The Morgan fingerprint density at radius 1 is 0.730 bits per heavy atom. The first-order chi connectivity index (χ1) is 30.2. The highest BCUT2D eigenvalue weighted by Gasteiger charge is 2.39. The minimum absolute atomic E-state index is 0.00298. The molecule has 5 aliphatic heterocycles. The van der Waals surface area contributed by atoms with Crippen LogP contribution in [0.4, 0.5) is 20.1 Å². The predicted molar refractivity (Wildman–Crippen MR) is 231 cm³/mol. The molecule has 5 saturated heterocycles. The molecule has 0 aliphatic carbocycles. The van der Waals surface area contributed by atoms with E-state index in [-0.39, 0.29) is 42.1 Å². The number of amides is 4. The van der Waals surface area contributed by atoms with Crippen molar-refractivity contribution in [1.82, 2.24) is 44.0 Å². The quantitative estimate of drug-likeness (QED) is 0.167. The first-order valence-electron chi connectivity index (χ1n) is 22.2. The number of hydrogen-bond acceptors (Lipinski definition) is 12. The summed E-state index contributed by atoms with van der Waals surface area (Å²) in [5.41, 5.74) is 3.97. The van der Waals surface area contributed by atoms with Crippen LogP contribution in [0.2, 0.25) is 0 Å². The van der Waals surface area contributed by atoms with Crippen LogP contribution in [0.25, 0.3) is 38.9 Å². The topological polar surface area (TPSA) is 175 Å². The molecule has 4 amide bonds. The van der Waals surface area contributed by atoms with Gasteiger partial charge in [0.15, 0.2) is 0 Å². The Labute approximate surface area is 365 Å². The number of piperidine rings is 2. The molecule has 5 fully saturated rings. The molecule has 0 bridgehead atoms. The Morgan fingerprint density at radius 2 is 1.40 bits per heavy atom. The number of hydrogen-bond donors (Lipinski definition) is 0. The Morgan fingerprint density at radius 3 is 2.02 bits per heavy atom. The number of pyridine rings is 1. The second-order valence-corrected chi connectivity index (χ2v) is 19.5. The first-order valence-corrected chi connectivity index (χ1v) is 22.2. The average Bonchev–Trinajstić information content (AvgIpc) is 4.02. The van der Waals surface area contributed by atoms with E-state index in [0.29, 0.717) is 103 Å². The molecule has 4 aromatic heterocycles. The van der Waals surface area contributed by atoms with E-state index in [4.69, 9.17) is 38.5 Å². The predicted octanol–water partition coefficient (Wildman–Crippen LogP) is 6.84. The fourth-order valence-electron chi connectivity index (χ4n) is 9.28. The van der Waals surface area contributed by atoms with Crippen molar-refractivity contribution < 1.29 is 37.9 Å². The van der Waals surface area contributed by atoms with Crippen molar-refractivity contribution >= 4 is 40.3 Å². The maximum Gasteiger partial charge on any atom is 0.410 e. The lowest BCUT2D eigenvalue weighted by Crippen LogP contribution is -2.49. The van der Waals surface area contributed by atoms with Gasteiger partial charge in [-0.15, -0.1) is 0 Å². The Hall–Kier alpha value is -5.75. The van der Waals surface area contributed by atoms with Gasteiger partial charge >= 0.3 is 18.2 Å². The van der Waals surface area contributed by atoms with Crippen molar-refractivity contribution in [2.75, 3.05) is 70.6 Å². The number of anilines is 1. The molecule has 0 N–H and O–H groups in total. The third-order valence-electron chi connectivity index (χ3n) is 12.7. The van der Waals surface area contributed by atoms with Crippen molar-refractivity contribution in [2.24, 2.45) is 0 Å². The van der Waals surface area contributed by atoms with Crippen molar-refractivity contribution in [1.29, 1.82) is 0 Å². The molecule has 0 spiro atoms. The summed E-state index contributed by atoms with van der Waals surface area (Å²) in [7, 11) is 0. The van der Waals surface area contributed by atoms with Crippen LogP contribution in [0.1, 0.15) is 96.8 Å². The lowest BCUT2D eigenvalue weighted by molar-refractivity contribution is -0.0266. The number of fused-ring (bicyclic) bond motifs is 2. The van der Waals surface area contributed by atoms with Gasteiger partial charge < -0.3 is 42.6 Å². The molecular weight excluding hydrogens is 809 g/mol. The molecule has 0 unspecified atom stereocenters. The molecule has 1 aromatic carbocycles. The fraction of sp³-hybridized carbons (Fsp3) is 0.578. The van der Waals surface area contributed by atoms with E-state index in [1.807, 2.05) is 74.6 Å². The van der Waals surface area contributed by atoms with Crippen LogP contribution >= 0.6 is 0 Å². The number of imidazole rings is 1. The van der Waals surface area contributed by atoms with Crippen LogP contribution in [-0.2, 0) is 18.9 Å². The fourth-order valence-corrected chi connectivity index (χ4v) is 9.28. The number of benzene rings is 1. The highest BCUT2D eigenvalue weighted by molar-refractivity contribution is 6.05. The normalized spacial score (nSPS) is 19.9. The molecule has 334 valence electrons. The van der Waals surface area contributed by atoms with Crippen LogP contribution < -0.4 is 4.90 Å². The highest BCUT2D eigenvalue weighted by atomic mass is 16.6. The maximum absolute atomic E-state index is 14.5. The van der Waals surface area contributed by atoms with E-state index < -0.39 is 11.2 Å². The monoisotopic (exact) mass is 864 g/mol. The SMILES string of the molecule is CC(C)(C)OC(=O)N1CCC(c2nc(-c3cc(-c4cc(N5CCN(C6CCN(C(=O)OC(C)(C)C)CC6)C5=O)cc5c4cnn5C4COC4)c4cnc(C5COC5)n4c3)no2)CC1. The number of carbonyl (C=O) groups excluding carboxylic acids is 3. The van der Waals surface area contributed by atoms with Crippen molar-refractivity contribution in [3.8, 4) is 22.5 Å². The van der Waals surface area contributed by atoms with Crippen molar-refractivity contribution in [3.05, 3.63) is 48.5 Å². The molecule has 18 heteroatoms. The number of carbonyl (C=O) groups is 3. The lowest BCUT2D eigenvalue weighted by atomic mass is 9.97. The zero-order valence-electron chi connectivity index (χ0n) is 36.9. The van der Waals surface area contributed by atoms with E-state index in [1.165, 1.54) is 0 Å².